The Morgan fingerprint density at radius 1 is 1.22 bits per heavy atom. The Kier molecular flexibility index (Phi) is 12.0. The van der Waals surface area contributed by atoms with Gasteiger partial charge in [0, 0.05) is 49.8 Å². The van der Waals surface area contributed by atoms with E-state index in [9.17, 15) is 9.90 Å². The summed E-state index contributed by atoms with van der Waals surface area (Å²) in [6, 6.07) is 8.23. The van der Waals surface area contributed by atoms with Gasteiger partial charge in [0.25, 0.3) is 0 Å². The van der Waals surface area contributed by atoms with Crippen LogP contribution >= 0.6 is 15.9 Å². The molecule has 6 nitrogen and oxygen atoms in total. The number of likely N-dealkylation sites (tertiary alicyclic amines) is 1. The lowest BCUT2D eigenvalue weighted by Crippen LogP contribution is -2.54. The molecule has 36 heavy (non-hydrogen) atoms. The summed E-state index contributed by atoms with van der Waals surface area (Å²) in [5, 5.41) is 15.5. The van der Waals surface area contributed by atoms with E-state index in [1.807, 2.05) is 29.2 Å². The molecule has 3 atom stereocenters. The van der Waals surface area contributed by atoms with E-state index in [0.717, 1.165) is 55.2 Å². The van der Waals surface area contributed by atoms with E-state index in [1.165, 1.54) is 32.1 Å². The lowest BCUT2D eigenvalue weighted by Gasteiger charge is -2.43. The van der Waals surface area contributed by atoms with Crippen molar-refractivity contribution in [3.63, 3.8) is 0 Å². The predicted octanol–water partition coefficient (Wildman–Crippen LogP) is 5.78. The van der Waals surface area contributed by atoms with Gasteiger partial charge >= 0.3 is 6.03 Å². The van der Waals surface area contributed by atoms with Gasteiger partial charge in [0.2, 0.25) is 0 Å². The molecule has 1 aliphatic heterocycles. The van der Waals surface area contributed by atoms with E-state index in [0.29, 0.717) is 25.5 Å². The first kappa shape index (κ1) is 29.4. The van der Waals surface area contributed by atoms with Crippen LogP contribution < -0.4 is 5.32 Å². The molecular formula is C29H48BrN3O3. The summed E-state index contributed by atoms with van der Waals surface area (Å²) < 4.78 is 6.21. The fourth-order valence-electron chi connectivity index (χ4n) is 6.25. The van der Waals surface area contributed by atoms with Crippen LogP contribution in [0.4, 0.5) is 4.79 Å². The van der Waals surface area contributed by atoms with Crippen LogP contribution in [0.15, 0.2) is 28.7 Å². The van der Waals surface area contributed by atoms with Crippen molar-refractivity contribution in [2.75, 3.05) is 47.4 Å². The van der Waals surface area contributed by atoms with Crippen LogP contribution in [-0.4, -0.2) is 74.4 Å². The van der Waals surface area contributed by atoms with Gasteiger partial charge in [0.1, 0.15) is 0 Å². The van der Waals surface area contributed by atoms with E-state index in [1.54, 1.807) is 7.11 Å². The van der Waals surface area contributed by atoms with Crippen LogP contribution in [0.5, 0.6) is 0 Å². The van der Waals surface area contributed by atoms with Crippen molar-refractivity contribution in [2.45, 2.75) is 82.3 Å². The lowest BCUT2D eigenvalue weighted by atomic mass is 9.74. The van der Waals surface area contributed by atoms with Gasteiger partial charge in [0.15, 0.2) is 0 Å². The molecule has 0 aromatic heterocycles. The Morgan fingerprint density at radius 3 is 2.69 bits per heavy atom. The Balaban J connectivity index is 1.69. The van der Waals surface area contributed by atoms with Crippen LogP contribution in [0.3, 0.4) is 0 Å². The second-order valence-corrected chi connectivity index (χ2v) is 12.2. The molecular weight excluding hydrogens is 518 g/mol. The number of amides is 2. The molecule has 2 N–H and O–H groups in total. The second-order valence-electron chi connectivity index (χ2n) is 11.3. The topological polar surface area (TPSA) is 65.0 Å². The van der Waals surface area contributed by atoms with Crippen LogP contribution in [0.1, 0.15) is 76.2 Å². The number of urea groups is 1. The maximum Gasteiger partial charge on any atom is 0.317 e. The number of rotatable bonds is 12. The summed E-state index contributed by atoms with van der Waals surface area (Å²) in [5.74, 6) is 0.714. The van der Waals surface area contributed by atoms with Gasteiger partial charge in [-0.2, -0.15) is 0 Å². The largest absolute Gasteiger partial charge is 0.385 e. The molecule has 0 radical (unpaired) electrons. The number of carbonyl (C=O) groups is 1. The number of piperidine rings is 1. The fraction of sp³-hybridized carbons (Fsp3) is 0.759. The van der Waals surface area contributed by atoms with Crippen LogP contribution in [0, 0.1) is 11.8 Å². The number of ether oxygens (including phenoxy) is 1. The van der Waals surface area contributed by atoms with Crippen molar-refractivity contribution >= 4 is 22.0 Å². The number of likely N-dealkylation sites (N-methyl/N-ethyl adjacent to an activating group) is 1. The van der Waals surface area contributed by atoms with Crippen molar-refractivity contribution in [2.24, 2.45) is 11.8 Å². The standard InChI is InChI=1S/C29H48BrN3O3/c1-32(2)22-27(19-23-11-5-4-6-12-23)31-28(34)33-17-10-14-25(21-33)29(35,16-7-8-18-36-3)24-13-9-15-26(30)20-24/h9,13,15,20,23,25,27,35H,4-8,10-12,14,16-19,21-22H2,1-3H3,(H,31,34)/t25-,27+,29-/m1/s1. The monoisotopic (exact) mass is 565 g/mol. The highest BCUT2D eigenvalue weighted by molar-refractivity contribution is 9.10. The average Bonchev–Trinajstić information content (AvgIpc) is 2.87. The number of hydrogen-bond donors (Lipinski definition) is 2. The number of carbonyl (C=O) groups excluding carboxylic acids is 1. The molecule has 1 aromatic rings. The summed E-state index contributed by atoms with van der Waals surface area (Å²) in [6.45, 7) is 2.89. The molecule has 3 rings (SSSR count). The predicted molar refractivity (Wildman–Crippen MR) is 150 cm³/mol. The maximum absolute atomic E-state index is 13.5. The third-order valence-electron chi connectivity index (χ3n) is 8.12. The zero-order valence-corrected chi connectivity index (χ0v) is 24.3. The Bertz CT molecular complexity index is 802. The van der Waals surface area contributed by atoms with Crippen LogP contribution in [-0.2, 0) is 10.3 Å². The number of halogens is 1. The van der Waals surface area contributed by atoms with Gasteiger partial charge < -0.3 is 25.0 Å². The van der Waals surface area contributed by atoms with Gasteiger partial charge in [-0.25, -0.2) is 4.79 Å². The first-order valence-electron chi connectivity index (χ1n) is 14.0. The molecule has 1 heterocycles. The molecule has 2 aliphatic rings. The smallest absolute Gasteiger partial charge is 0.317 e. The normalized spacial score (nSPS) is 21.8. The highest BCUT2D eigenvalue weighted by Crippen LogP contribution is 2.40. The summed E-state index contributed by atoms with van der Waals surface area (Å²) in [5.41, 5.74) is -0.0361. The molecule has 1 aliphatic carbocycles. The van der Waals surface area contributed by atoms with Gasteiger partial charge in [-0.1, -0.05) is 60.2 Å². The average molecular weight is 567 g/mol. The Morgan fingerprint density at radius 2 is 2.00 bits per heavy atom. The van der Waals surface area contributed by atoms with Gasteiger partial charge in [-0.15, -0.1) is 0 Å². The van der Waals surface area contributed by atoms with Crippen molar-refractivity contribution in [3.8, 4) is 0 Å². The maximum atomic E-state index is 13.5. The zero-order valence-electron chi connectivity index (χ0n) is 22.7. The van der Waals surface area contributed by atoms with Gasteiger partial charge in [-0.05, 0) is 76.2 Å². The molecule has 0 unspecified atom stereocenters. The van der Waals surface area contributed by atoms with E-state index in [2.05, 4.69) is 40.2 Å². The highest BCUT2D eigenvalue weighted by atomic mass is 79.9. The zero-order chi connectivity index (χ0) is 26.0. The van der Waals surface area contributed by atoms with Gasteiger partial charge in [-0.3, -0.25) is 0 Å². The van der Waals surface area contributed by atoms with Crippen LogP contribution in [0.2, 0.25) is 0 Å². The first-order valence-corrected chi connectivity index (χ1v) is 14.8. The van der Waals surface area contributed by atoms with Crippen molar-refractivity contribution in [3.05, 3.63) is 34.3 Å². The molecule has 2 fully saturated rings. The Hall–Kier alpha value is -1.15. The van der Waals surface area contributed by atoms with E-state index >= 15 is 0 Å². The molecule has 1 aromatic carbocycles. The third kappa shape index (κ3) is 8.71. The molecule has 204 valence electrons. The lowest BCUT2D eigenvalue weighted by molar-refractivity contribution is -0.0564. The number of methoxy groups -OCH3 is 1. The third-order valence-corrected chi connectivity index (χ3v) is 8.61. The number of benzene rings is 1. The number of nitrogens with zero attached hydrogens (tertiary/aromatic N) is 2. The minimum Gasteiger partial charge on any atom is -0.385 e. The van der Waals surface area contributed by atoms with E-state index in [4.69, 9.17) is 4.74 Å². The summed E-state index contributed by atoms with van der Waals surface area (Å²) in [7, 11) is 5.88. The number of nitrogens with one attached hydrogen (secondary N) is 1. The van der Waals surface area contributed by atoms with E-state index < -0.39 is 5.60 Å². The molecule has 2 amide bonds. The number of hydrogen-bond acceptors (Lipinski definition) is 4. The van der Waals surface area contributed by atoms with Gasteiger partial charge in [0.05, 0.1) is 5.60 Å². The number of unbranched alkanes of at least 4 members (excludes halogenated alkanes) is 1. The molecule has 0 spiro atoms. The molecule has 1 saturated heterocycles. The van der Waals surface area contributed by atoms with Crippen molar-refractivity contribution in [1.82, 2.24) is 15.1 Å². The molecule has 1 saturated carbocycles. The number of aliphatic hydroxyl groups is 1. The van der Waals surface area contributed by atoms with Crippen molar-refractivity contribution < 1.29 is 14.6 Å². The second kappa shape index (κ2) is 14.7. The quantitative estimate of drug-likeness (QED) is 0.315. The SMILES string of the molecule is COCCCC[C@@](O)(c1cccc(Br)c1)[C@@H]1CCCN(C(=O)N[C@@H](CC2CCCCC2)CN(C)C)C1. The van der Waals surface area contributed by atoms with Crippen LogP contribution in [0.25, 0.3) is 0 Å². The molecule has 7 heteroatoms. The minimum atomic E-state index is -0.971. The summed E-state index contributed by atoms with van der Waals surface area (Å²) in [6.07, 6.45) is 11.9. The van der Waals surface area contributed by atoms with Crippen molar-refractivity contribution in [1.29, 1.82) is 0 Å². The highest BCUT2D eigenvalue weighted by Gasteiger charge is 2.41. The minimum absolute atomic E-state index is 0.000474. The fourth-order valence-corrected chi connectivity index (χ4v) is 6.64. The summed E-state index contributed by atoms with van der Waals surface area (Å²) in [4.78, 5) is 17.6. The summed E-state index contributed by atoms with van der Waals surface area (Å²) >= 11 is 3.58. The Labute approximate surface area is 227 Å². The van der Waals surface area contributed by atoms with E-state index in [-0.39, 0.29) is 18.0 Å². The first-order chi connectivity index (χ1) is 17.3. The molecule has 0 bridgehead atoms.